The quantitative estimate of drug-likeness (QED) is 0.771. The van der Waals surface area contributed by atoms with E-state index in [4.69, 9.17) is 0 Å². The molecule has 28 heavy (non-hydrogen) atoms. The highest BCUT2D eigenvalue weighted by Crippen LogP contribution is 2.30. The zero-order valence-corrected chi connectivity index (χ0v) is 16.4. The summed E-state index contributed by atoms with van der Waals surface area (Å²) >= 11 is 0. The summed E-state index contributed by atoms with van der Waals surface area (Å²) in [5.41, 5.74) is 0.477. The standard InChI is InChI=1S/C19H21F3N2O3S/c1-4-17(24(28(3,26)27)16-7-5-6-13(2)12-16)18(25)23-15-10-8-14(9-11-15)19(20,21)22/h5-12,17H,4H2,1-3H3,(H,23,25)/t17-/m1/s1. The Morgan fingerprint density at radius 3 is 2.21 bits per heavy atom. The van der Waals surface area contributed by atoms with Crippen LogP contribution in [0.2, 0.25) is 0 Å². The molecule has 0 aliphatic carbocycles. The number of amides is 1. The molecule has 2 rings (SSSR count). The molecule has 0 radical (unpaired) electrons. The molecule has 0 saturated heterocycles. The molecule has 2 aromatic rings. The zero-order valence-electron chi connectivity index (χ0n) is 15.6. The fourth-order valence-corrected chi connectivity index (χ4v) is 4.00. The molecular weight excluding hydrogens is 393 g/mol. The van der Waals surface area contributed by atoms with Crippen LogP contribution in [0, 0.1) is 6.92 Å². The van der Waals surface area contributed by atoms with Crippen molar-refractivity contribution < 1.29 is 26.4 Å². The first-order chi connectivity index (χ1) is 12.9. The van der Waals surface area contributed by atoms with Crippen LogP contribution in [-0.4, -0.2) is 26.6 Å². The third-order valence-electron chi connectivity index (χ3n) is 4.07. The first-order valence-electron chi connectivity index (χ1n) is 8.47. The van der Waals surface area contributed by atoms with E-state index >= 15 is 0 Å². The predicted molar refractivity (Wildman–Crippen MR) is 103 cm³/mol. The summed E-state index contributed by atoms with van der Waals surface area (Å²) in [6, 6.07) is 9.62. The highest BCUT2D eigenvalue weighted by atomic mass is 32.2. The van der Waals surface area contributed by atoms with Crippen LogP contribution in [0.25, 0.3) is 0 Å². The molecular formula is C19H21F3N2O3S. The van der Waals surface area contributed by atoms with Crippen molar-refractivity contribution in [1.29, 1.82) is 0 Å². The molecule has 0 saturated carbocycles. The molecule has 152 valence electrons. The molecule has 0 bridgehead atoms. The lowest BCUT2D eigenvalue weighted by Crippen LogP contribution is -2.47. The number of aryl methyl sites for hydroxylation is 1. The van der Waals surface area contributed by atoms with Crippen LogP contribution >= 0.6 is 0 Å². The van der Waals surface area contributed by atoms with Crippen molar-refractivity contribution in [1.82, 2.24) is 0 Å². The number of carbonyl (C=O) groups excluding carboxylic acids is 1. The first-order valence-corrected chi connectivity index (χ1v) is 10.3. The molecule has 0 unspecified atom stereocenters. The molecule has 0 aliphatic rings. The summed E-state index contributed by atoms with van der Waals surface area (Å²) in [6.07, 6.45) is -3.30. The van der Waals surface area contributed by atoms with Gasteiger partial charge in [-0.1, -0.05) is 19.1 Å². The maximum atomic E-state index is 12.7. The number of rotatable bonds is 6. The minimum absolute atomic E-state index is 0.147. The monoisotopic (exact) mass is 414 g/mol. The van der Waals surface area contributed by atoms with Crippen LogP contribution < -0.4 is 9.62 Å². The summed E-state index contributed by atoms with van der Waals surface area (Å²) < 4.78 is 63.8. The number of halogens is 3. The Morgan fingerprint density at radius 1 is 1.14 bits per heavy atom. The smallest absolute Gasteiger partial charge is 0.324 e. The number of hydrogen-bond donors (Lipinski definition) is 1. The van der Waals surface area contributed by atoms with Gasteiger partial charge in [-0.15, -0.1) is 0 Å². The van der Waals surface area contributed by atoms with Gasteiger partial charge in [0.1, 0.15) is 6.04 Å². The summed E-state index contributed by atoms with van der Waals surface area (Å²) in [5.74, 6) is -0.630. The highest BCUT2D eigenvalue weighted by molar-refractivity contribution is 7.92. The maximum Gasteiger partial charge on any atom is 0.416 e. The minimum Gasteiger partial charge on any atom is -0.324 e. The van der Waals surface area contributed by atoms with Gasteiger partial charge < -0.3 is 5.32 Å². The van der Waals surface area contributed by atoms with Gasteiger partial charge in [-0.2, -0.15) is 13.2 Å². The third-order valence-corrected chi connectivity index (χ3v) is 5.25. The number of sulfonamides is 1. The van der Waals surface area contributed by atoms with Gasteiger partial charge in [0, 0.05) is 5.69 Å². The Morgan fingerprint density at radius 2 is 1.75 bits per heavy atom. The molecule has 0 aliphatic heterocycles. The number of carbonyl (C=O) groups is 1. The van der Waals surface area contributed by atoms with E-state index in [1.165, 1.54) is 0 Å². The summed E-state index contributed by atoms with van der Waals surface area (Å²) in [7, 11) is -3.79. The summed E-state index contributed by atoms with van der Waals surface area (Å²) in [6.45, 7) is 3.46. The largest absolute Gasteiger partial charge is 0.416 e. The van der Waals surface area contributed by atoms with Crippen LogP contribution in [0.5, 0.6) is 0 Å². The lowest BCUT2D eigenvalue weighted by molar-refractivity contribution is -0.137. The second-order valence-electron chi connectivity index (χ2n) is 6.39. The molecule has 2 aromatic carbocycles. The lowest BCUT2D eigenvalue weighted by Gasteiger charge is -2.30. The van der Waals surface area contributed by atoms with Crippen molar-refractivity contribution in [2.45, 2.75) is 32.5 Å². The van der Waals surface area contributed by atoms with Gasteiger partial charge in [0.2, 0.25) is 15.9 Å². The first kappa shape index (κ1) is 21.7. The van der Waals surface area contributed by atoms with E-state index in [2.05, 4.69) is 5.32 Å². The normalized spacial score (nSPS) is 13.1. The molecule has 1 atom stereocenters. The minimum atomic E-state index is -4.48. The Labute approximate surface area is 162 Å². The van der Waals surface area contributed by atoms with E-state index in [0.29, 0.717) is 5.69 Å². The van der Waals surface area contributed by atoms with Crippen molar-refractivity contribution in [2.75, 3.05) is 15.9 Å². The molecule has 0 fully saturated rings. The number of benzene rings is 2. The van der Waals surface area contributed by atoms with Gasteiger partial charge in [0.05, 0.1) is 17.5 Å². The number of nitrogens with zero attached hydrogens (tertiary/aromatic N) is 1. The van der Waals surface area contributed by atoms with Gasteiger partial charge >= 0.3 is 6.18 Å². The Hall–Kier alpha value is -2.55. The van der Waals surface area contributed by atoms with Gasteiger partial charge in [-0.3, -0.25) is 9.10 Å². The lowest BCUT2D eigenvalue weighted by atomic mass is 10.1. The topological polar surface area (TPSA) is 66.5 Å². The number of nitrogens with one attached hydrogen (secondary N) is 1. The molecule has 9 heteroatoms. The van der Waals surface area contributed by atoms with E-state index in [-0.39, 0.29) is 12.1 Å². The van der Waals surface area contributed by atoms with Crippen LogP contribution in [-0.2, 0) is 21.0 Å². The van der Waals surface area contributed by atoms with Crippen LogP contribution in [0.3, 0.4) is 0 Å². The Bertz CT molecular complexity index is 942. The van der Waals surface area contributed by atoms with Gasteiger partial charge in [-0.25, -0.2) is 8.42 Å². The maximum absolute atomic E-state index is 12.7. The van der Waals surface area contributed by atoms with Crippen LogP contribution in [0.1, 0.15) is 24.5 Å². The molecule has 5 nitrogen and oxygen atoms in total. The number of alkyl halides is 3. The molecule has 0 spiro atoms. The SMILES string of the molecule is CC[C@H](C(=O)Nc1ccc(C(F)(F)F)cc1)N(c1cccc(C)c1)S(C)(=O)=O. The van der Waals surface area contributed by atoms with Gasteiger partial charge in [-0.05, 0) is 55.3 Å². The van der Waals surface area contributed by atoms with E-state index in [1.807, 2.05) is 0 Å². The molecule has 0 heterocycles. The summed E-state index contributed by atoms with van der Waals surface area (Å²) in [4.78, 5) is 12.7. The van der Waals surface area contributed by atoms with E-state index in [1.54, 1.807) is 38.1 Å². The highest BCUT2D eigenvalue weighted by Gasteiger charge is 2.32. The van der Waals surface area contributed by atoms with Crippen molar-refractivity contribution in [3.05, 3.63) is 59.7 Å². The van der Waals surface area contributed by atoms with Crippen molar-refractivity contribution in [3.8, 4) is 0 Å². The van der Waals surface area contributed by atoms with E-state index in [0.717, 1.165) is 40.4 Å². The second kappa shape index (κ2) is 8.22. The Kier molecular flexibility index (Phi) is 6.38. The Balaban J connectivity index is 2.32. The van der Waals surface area contributed by atoms with Crippen LogP contribution in [0.15, 0.2) is 48.5 Å². The van der Waals surface area contributed by atoms with E-state index in [9.17, 15) is 26.4 Å². The molecule has 1 amide bonds. The third kappa shape index (κ3) is 5.25. The number of hydrogen-bond acceptors (Lipinski definition) is 3. The van der Waals surface area contributed by atoms with Crippen LogP contribution in [0.4, 0.5) is 24.5 Å². The second-order valence-corrected chi connectivity index (χ2v) is 8.25. The van der Waals surface area contributed by atoms with Crippen molar-refractivity contribution in [2.24, 2.45) is 0 Å². The average Bonchev–Trinajstić information content (AvgIpc) is 2.57. The van der Waals surface area contributed by atoms with Crippen molar-refractivity contribution >= 4 is 27.3 Å². The fourth-order valence-electron chi connectivity index (χ4n) is 2.79. The molecule has 1 N–H and O–H groups in total. The van der Waals surface area contributed by atoms with Gasteiger partial charge in [0.25, 0.3) is 0 Å². The van der Waals surface area contributed by atoms with Gasteiger partial charge in [0.15, 0.2) is 0 Å². The van der Waals surface area contributed by atoms with Crippen molar-refractivity contribution in [3.63, 3.8) is 0 Å². The fraction of sp³-hybridized carbons (Fsp3) is 0.316. The van der Waals surface area contributed by atoms with E-state index < -0.39 is 33.7 Å². The molecule has 0 aromatic heterocycles. The summed E-state index contributed by atoms with van der Waals surface area (Å²) in [5, 5.41) is 2.50. The average molecular weight is 414 g/mol. The number of anilines is 2. The predicted octanol–water partition coefficient (Wildman–Crippen LogP) is 4.20. The zero-order chi connectivity index (χ0) is 21.1.